The first-order valence-corrected chi connectivity index (χ1v) is 10.9. The van der Waals surface area contributed by atoms with Crippen molar-refractivity contribution in [2.45, 2.75) is 31.2 Å². The summed E-state index contributed by atoms with van der Waals surface area (Å²) < 4.78 is 26.7. The van der Waals surface area contributed by atoms with Gasteiger partial charge in [-0.1, -0.05) is 44.2 Å². The van der Waals surface area contributed by atoms with Crippen molar-refractivity contribution in [3.63, 3.8) is 0 Å². The van der Waals surface area contributed by atoms with Crippen LogP contribution in [-0.2, 0) is 16.4 Å². The minimum absolute atomic E-state index is 0.0172. The van der Waals surface area contributed by atoms with Crippen molar-refractivity contribution in [1.82, 2.24) is 14.9 Å². The van der Waals surface area contributed by atoms with Gasteiger partial charge in [0.25, 0.3) is 5.91 Å². The van der Waals surface area contributed by atoms with Crippen LogP contribution in [0.25, 0.3) is 0 Å². The zero-order valence-corrected chi connectivity index (χ0v) is 17.7. The second-order valence-corrected chi connectivity index (χ2v) is 8.58. The molecule has 0 aliphatic carbocycles. The average Bonchev–Trinajstić information content (AvgIpc) is 2.68. The third kappa shape index (κ3) is 5.64. The lowest BCUT2D eigenvalue weighted by molar-refractivity contribution is 0.0941. The lowest BCUT2D eigenvalue weighted by Gasteiger charge is -2.25. The van der Waals surface area contributed by atoms with Crippen LogP contribution < -0.4 is 10.0 Å². The monoisotopic (exact) mass is 403 g/mol. The topological polar surface area (TPSA) is 78.5 Å². The molecule has 28 heavy (non-hydrogen) atoms. The van der Waals surface area contributed by atoms with E-state index in [1.54, 1.807) is 19.1 Å². The van der Waals surface area contributed by atoms with Gasteiger partial charge >= 0.3 is 0 Å². The average molecular weight is 404 g/mol. The first-order chi connectivity index (χ1) is 13.3. The van der Waals surface area contributed by atoms with Gasteiger partial charge in [0.15, 0.2) is 0 Å². The van der Waals surface area contributed by atoms with Gasteiger partial charge in [-0.05, 0) is 49.8 Å². The number of likely N-dealkylation sites (N-methyl/N-ethyl adjacent to an activating group) is 1. The molecule has 6 nitrogen and oxygen atoms in total. The summed E-state index contributed by atoms with van der Waals surface area (Å²) in [7, 11) is 0.334. The summed E-state index contributed by atoms with van der Waals surface area (Å²) in [6.45, 7) is 4.53. The van der Waals surface area contributed by atoms with Gasteiger partial charge in [-0.3, -0.25) is 4.79 Å². The van der Waals surface area contributed by atoms with Crippen molar-refractivity contribution in [1.29, 1.82) is 0 Å². The van der Waals surface area contributed by atoms with Gasteiger partial charge in [-0.25, -0.2) is 13.1 Å². The predicted molar refractivity (Wildman–Crippen MR) is 112 cm³/mol. The normalized spacial score (nSPS) is 12.8. The molecule has 0 aliphatic heterocycles. The Morgan fingerprint density at radius 2 is 1.75 bits per heavy atom. The van der Waals surface area contributed by atoms with Crippen LogP contribution >= 0.6 is 0 Å². The number of sulfonamides is 1. The van der Waals surface area contributed by atoms with Crippen LogP contribution in [0.3, 0.4) is 0 Å². The van der Waals surface area contributed by atoms with Gasteiger partial charge in [0, 0.05) is 18.7 Å². The van der Waals surface area contributed by atoms with Crippen LogP contribution in [-0.4, -0.2) is 46.4 Å². The summed E-state index contributed by atoms with van der Waals surface area (Å²) in [6, 6.07) is 14.4. The van der Waals surface area contributed by atoms with Crippen LogP contribution in [0.4, 0.5) is 0 Å². The van der Waals surface area contributed by atoms with Gasteiger partial charge < -0.3 is 10.2 Å². The maximum Gasteiger partial charge on any atom is 0.251 e. The molecular weight excluding hydrogens is 374 g/mol. The molecule has 0 radical (unpaired) electrons. The third-order valence-corrected chi connectivity index (χ3v) is 6.14. The van der Waals surface area contributed by atoms with E-state index in [-0.39, 0.29) is 16.8 Å². The molecule has 2 aromatic rings. The molecule has 2 N–H and O–H groups in total. The maximum atomic E-state index is 12.6. The van der Waals surface area contributed by atoms with E-state index in [1.165, 1.54) is 17.7 Å². The molecular formula is C21H29N3O3S. The molecule has 0 saturated heterocycles. The van der Waals surface area contributed by atoms with Crippen LogP contribution in [0.15, 0.2) is 53.4 Å². The number of hydrogen-bond donors (Lipinski definition) is 2. The Balaban J connectivity index is 2.12. The Morgan fingerprint density at radius 3 is 2.32 bits per heavy atom. The van der Waals surface area contributed by atoms with E-state index in [0.717, 1.165) is 12.0 Å². The van der Waals surface area contributed by atoms with Crippen LogP contribution in [0.1, 0.15) is 41.4 Å². The molecule has 1 amide bonds. The Bertz CT molecular complexity index is 893. The highest BCUT2D eigenvalue weighted by Crippen LogP contribution is 2.19. The predicted octanol–water partition coefficient (Wildman–Crippen LogP) is 2.58. The molecule has 2 aromatic carbocycles. The van der Waals surface area contributed by atoms with E-state index in [4.69, 9.17) is 0 Å². The minimum Gasteiger partial charge on any atom is -0.350 e. The molecule has 0 heterocycles. The van der Waals surface area contributed by atoms with Gasteiger partial charge in [-0.2, -0.15) is 0 Å². The Hall–Kier alpha value is -2.22. The molecule has 0 spiro atoms. The number of carbonyl (C=O) groups is 1. The van der Waals surface area contributed by atoms with Crippen LogP contribution in [0.2, 0.25) is 0 Å². The number of hydrogen-bond acceptors (Lipinski definition) is 4. The molecule has 0 fully saturated rings. The van der Waals surface area contributed by atoms with Crippen molar-refractivity contribution in [3.8, 4) is 0 Å². The number of benzene rings is 2. The molecule has 0 unspecified atom stereocenters. The zero-order chi connectivity index (χ0) is 20.7. The number of carbonyl (C=O) groups excluding carboxylic acids is 1. The zero-order valence-electron chi connectivity index (χ0n) is 16.9. The standard InChI is InChI=1S/C21H29N3O3S/c1-5-16-10-12-17(13-11-16)20(24(3)4)15-22-21(25)18-8-7-9-19(14-18)28(26,27)23-6-2/h7-14,20,23H,5-6,15H2,1-4H3,(H,22,25)/t20-/m1/s1. The first kappa shape index (κ1) is 22.1. The summed E-state index contributed by atoms with van der Waals surface area (Å²) in [4.78, 5) is 14.7. The smallest absolute Gasteiger partial charge is 0.251 e. The summed E-state index contributed by atoms with van der Waals surface area (Å²) in [5.74, 6) is -0.300. The fourth-order valence-electron chi connectivity index (χ4n) is 2.94. The third-order valence-electron chi connectivity index (χ3n) is 4.59. The van der Waals surface area contributed by atoms with E-state index in [0.29, 0.717) is 18.7 Å². The van der Waals surface area contributed by atoms with E-state index >= 15 is 0 Å². The Labute approximate surface area is 168 Å². The van der Waals surface area contributed by atoms with E-state index < -0.39 is 10.0 Å². The molecule has 0 aromatic heterocycles. The molecule has 1 atom stereocenters. The van der Waals surface area contributed by atoms with E-state index in [2.05, 4.69) is 41.2 Å². The largest absolute Gasteiger partial charge is 0.350 e. The van der Waals surface area contributed by atoms with Crippen molar-refractivity contribution in [2.75, 3.05) is 27.2 Å². The van der Waals surface area contributed by atoms with Crippen LogP contribution in [0.5, 0.6) is 0 Å². The highest BCUT2D eigenvalue weighted by Gasteiger charge is 2.18. The van der Waals surface area contributed by atoms with Crippen molar-refractivity contribution in [3.05, 3.63) is 65.2 Å². The van der Waals surface area contributed by atoms with Gasteiger partial charge in [0.1, 0.15) is 0 Å². The fourth-order valence-corrected chi connectivity index (χ4v) is 4.03. The number of aryl methyl sites for hydroxylation is 1. The Kier molecular flexibility index (Phi) is 7.74. The molecule has 0 aliphatic rings. The SMILES string of the molecule is CCNS(=O)(=O)c1cccc(C(=O)NC[C@H](c2ccc(CC)cc2)N(C)C)c1. The second kappa shape index (κ2) is 9.82. The minimum atomic E-state index is -3.60. The lowest BCUT2D eigenvalue weighted by atomic mass is 10.0. The molecule has 7 heteroatoms. The van der Waals surface area contributed by atoms with Crippen molar-refractivity contribution in [2.24, 2.45) is 0 Å². The van der Waals surface area contributed by atoms with Crippen molar-refractivity contribution >= 4 is 15.9 Å². The summed E-state index contributed by atoms with van der Waals surface area (Å²) in [5, 5.41) is 2.92. The van der Waals surface area contributed by atoms with E-state index in [1.807, 2.05) is 19.0 Å². The summed E-state index contributed by atoms with van der Waals surface area (Å²) >= 11 is 0. The molecule has 0 bridgehead atoms. The molecule has 2 rings (SSSR count). The molecule has 152 valence electrons. The van der Waals surface area contributed by atoms with Crippen LogP contribution in [0, 0.1) is 0 Å². The number of rotatable bonds is 9. The number of nitrogens with one attached hydrogen (secondary N) is 2. The molecule has 0 saturated carbocycles. The first-order valence-electron chi connectivity index (χ1n) is 9.41. The van der Waals surface area contributed by atoms with E-state index in [9.17, 15) is 13.2 Å². The van der Waals surface area contributed by atoms with Gasteiger partial charge in [0.2, 0.25) is 10.0 Å². The summed E-state index contributed by atoms with van der Waals surface area (Å²) in [6.07, 6.45) is 0.982. The van der Waals surface area contributed by atoms with Crippen molar-refractivity contribution < 1.29 is 13.2 Å². The Morgan fingerprint density at radius 1 is 1.07 bits per heavy atom. The summed E-state index contributed by atoms with van der Waals surface area (Å²) in [5.41, 5.74) is 2.70. The highest BCUT2D eigenvalue weighted by molar-refractivity contribution is 7.89. The van der Waals surface area contributed by atoms with Gasteiger partial charge in [0.05, 0.1) is 10.9 Å². The second-order valence-electron chi connectivity index (χ2n) is 6.81. The lowest BCUT2D eigenvalue weighted by Crippen LogP contribution is -2.34. The highest BCUT2D eigenvalue weighted by atomic mass is 32.2. The quantitative estimate of drug-likeness (QED) is 0.675. The maximum absolute atomic E-state index is 12.6. The van der Waals surface area contributed by atoms with Gasteiger partial charge in [-0.15, -0.1) is 0 Å². The number of amides is 1. The number of nitrogens with zero attached hydrogens (tertiary/aromatic N) is 1. The fraction of sp³-hybridized carbons (Fsp3) is 0.381.